The zero-order valence-corrected chi connectivity index (χ0v) is 17.2. The summed E-state index contributed by atoms with van der Waals surface area (Å²) in [5, 5.41) is 0. The second-order valence-electron chi connectivity index (χ2n) is 7.83. The highest BCUT2D eigenvalue weighted by atomic mass is 31.1. The van der Waals surface area contributed by atoms with Crippen LogP contribution in [0.3, 0.4) is 0 Å². The van der Waals surface area contributed by atoms with Gasteiger partial charge in [0.15, 0.2) is 0 Å². The van der Waals surface area contributed by atoms with E-state index >= 15 is 0 Å². The standard InChI is InChI=1S/C18H36N4P2/c1-2-10-19(9-1)23(20-11-3-4-12-20)17-18-24(21-13-5-6-14-21)22-15-7-8-16-22/h1-18H2. The zero-order valence-electron chi connectivity index (χ0n) is 15.4. The van der Waals surface area contributed by atoms with Crippen LogP contribution in [-0.2, 0) is 0 Å². The topological polar surface area (TPSA) is 13.0 Å². The average Bonchev–Trinajstić information content (AvgIpc) is 3.42. The summed E-state index contributed by atoms with van der Waals surface area (Å²) in [6.45, 7) is 11.1. The second-order valence-corrected chi connectivity index (χ2v) is 12.5. The quantitative estimate of drug-likeness (QED) is 0.628. The molecule has 0 aliphatic carbocycles. The first-order chi connectivity index (χ1) is 11.9. The lowest BCUT2D eigenvalue weighted by atomic mass is 10.4. The Morgan fingerprint density at radius 3 is 0.792 bits per heavy atom. The van der Waals surface area contributed by atoms with Crippen molar-refractivity contribution in [1.82, 2.24) is 18.7 Å². The zero-order chi connectivity index (χ0) is 16.2. The van der Waals surface area contributed by atoms with E-state index in [9.17, 15) is 0 Å². The summed E-state index contributed by atoms with van der Waals surface area (Å²) in [5.41, 5.74) is 0. The first-order valence-corrected chi connectivity index (χ1v) is 13.3. The van der Waals surface area contributed by atoms with Crippen molar-refractivity contribution in [1.29, 1.82) is 0 Å². The normalized spacial score (nSPS) is 28.2. The lowest BCUT2D eigenvalue weighted by molar-refractivity contribution is 0.466. The molecule has 4 heterocycles. The summed E-state index contributed by atoms with van der Waals surface area (Å²) in [5.74, 6) is 0. The minimum Gasteiger partial charge on any atom is -0.270 e. The summed E-state index contributed by atoms with van der Waals surface area (Å²) >= 11 is 0. The molecule has 138 valence electrons. The summed E-state index contributed by atoms with van der Waals surface area (Å²) in [6.07, 6.45) is 14.5. The molecule has 4 aliphatic heterocycles. The van der Waals surface area contributed by atoms with Crippen LogP contribution >= 0.6 is 16.4 Å². The van der Waals surface area contributed by atoms with E-state index in [0.717, 1.165) is 0 Å². The molecule has 4 rings (SSSR count). The molecule has 6 heteroatoms. The maximum absolute atomic E-state index is 2.89. The van der Waals surface area contributed by atoms with Crippen LogP contribution in [0.15, 0.2) is 0 Å². The van der Waals surface area contributed by atoms with Crippen LogP contribution < -0.4 is 0 Å². The monoisotopic (exact) mass is 370 g/mol. The van der Waals surface area contributed by atoms with Crippen LogP contribution in [0.2, 0.25) is 0 Å². The molecule has 0 bridgehead atoms. The van der Waals surface area contributed by atoms with Crippen molar-refractivity contribution in [2.24, 2.45) is 0 Å². The average molecular weight is 370 g/mol. The van der Waals surface area contributed by atoms with Gasteiger partial charge in [0, 0.05) is 81.1 Å². The van der Waals surface area contributed by atoms with Crippen molar-refractivity contribution in [2.75, 3.05) is 64.7 Å². The Morgan fingerprint density at radius 1 is 0.375 bits per heavy atom. The number of rotatable bonds is 7. The molecule has 0 aromatic rings. The number of hydrogen-bond donors (Lipinski definition) is 0. The largest absolute Gasteiger partial charge is 0.270 e. The lowest BCUT2D eigenvalue weighted by Gasteiger charge is -2.39. The molecular weight excluding hydrogens is 334 g/mol. The molecule has 0 unspecified atom stereocenters. The van der Waals surface area contributed by atoms with Gasteiger partial charge in [0.25, 0.3) is 0 Å². The summed E-state index contributed by atoms with van der Waals surface area (Å²) in [6, 6.07) is 0. The molecule has 24 heavy (non-hydrogen) atoms. The van der Waals surface area contributed by atoms with E-state index in [1.165, 1.54) is 116 Å². The van der Waals surface area contributed by atoms with Gasteiger partial charge in [-0.05, 0) is 51.4 Å². The molecule has 4 fully saturated rings. The van der Waals surface area contributed by atoms with Crippen molar-refractivity contribution in [3.05, 3.63) is 0 Å². The van der Waals surface area contributed by atoms with E-state index < -0.39 is 0 Å². The Labute approximate surface area is 151 Å². The fourth-order valence-electron chi connectivity index (χ4n) is 4.83. The van der Waals surface area contributed by atoms with Gasteiger partial charge < -0.3 is 0 Å². The van der Waals surface area contributed by atoms with Crippen molar-refractivity contribution < 1.29 is 0 Å². The van der Waals surface area contributed by atoms with Crippen LogP contribution in [0.1, 0.15) is 51.4 Å². The van der Waals surface area contributed by atoms with Gasteiger partial charge in [-0.3, -0.25) is 18.7 Å². The molecule has 0 radical (unpaired) electrons. The highest BCUT2D eigenvalue weighted by Gasteiger charge is 2.33. The van der Waals surface area contributed by atoms with Gasteiger partial charge in [-0.1, -0.05) is 0 Å². The fourth-order valence-corrected chi connectivity index (χ4v) is 11.1. The smallest absolute Gasteiger partial charge is 0.0399 e. The Balaban J connectivity index is 1.39. The van der Waals surface area contributed by atoms with Crippen LogP contribution in [0.25, 0.3) is 0 Å². The van der Waals surface area contributed by atoms with Gasteiger partial charge in [0.05, 0.1) is 0 Å². The Kier molecular flexibility index (Phi) is 6.83. The van der Waals surface area contributed by atoms with Crippen LogP contribution in [0.4, 0.5) is 0 Å². The molecule has 0 aromatic carbocycles. The van der Waals surface area contributed by atoms with Gasteiger partial charge in [-0.2, -0.15) is 0 Å². The molecular formula is C18H36N4P2. The number of hydrogen-bond acceptors (Lipinski definition) is 4. The lowest BCUT2D eigenvalue weighted by Crippen LogP contribution is -2.31. The van der Waals surface area contributed by atoms with E-state index in [4.69, 9.17) is 0 Å². The van der Waals surface area contributed by atoms with Gasteiger partial charge in [-0.25, -0.2) is 0 Å². The van der Waals surface area contributed by atoms with Gasteiger partial charge >= 0.3 is 0 Å². The van der Waals surface area contributed by atoms with Gasteiger partial charge in [-0.15, -0.1) is 0 Å². The third-order valence-electron chi connectivity index (χ3n) is 6.14. The Morgan fingerprint density at radius 2 is 0.583 bits per heavy atom. The molecule has 0 atom stereocenters. The molecule has 0 amide bonds. The van der Waals surface area contributed by atoms with E-state index in [-0.39, 0.29) is 16.4 Å². The van der Waals surface area contributed by atoms with Crippen molar-refractivity contribution in [3.8, 4) is 0 Å². The Bertz CT molecular complexity index is 305. The van der Waals surface area contributed by atoms with E-state index in [1.807, 2.05) is 0 Å². The maximum Gasteiger partial charge on any atom is 0.0399 e. The fraction of sp³-hybridized carbons (Fsp3) is 1.00. The predicted octanol–water partition coefficient (Wildman–Crippen LogP) is 3.99. The molecule has 4 saturated heterocycles. The van der Waals surface area contributed by atoms with E-state index in [0.29, 0.717) is 0 Å². The predicted molar refractivity (Wildman–Crippen MR) is 107 cm³/mol. The first-order valence-electron chi connectivity index (χ1n) is 10.5. The van der Waals surface area contributed by atoms with E-state index in [2.05, 4.69) is 18.7 Å². The Hall–Kier alpha value is 0.700. The first kappa shape index (κ1) is 18.1. The number of nitrogens with zero attached hydrogens (tertiary/aromatic N) is 4. The molecule has 0 N–H and O–H groups in total. The molecule has 0 spiro atoms. The van der Waals surface area contributed by atoms with Crippen LogP contribution in [0, 0.1) is 0 Å². The van der Waals surface area contributed by atoms with Crippen molar-refractivity contribution in [3.63, 3.8) is 0 Å². The minimum absolute atomic E-state index is 0.00535. The molecule has 0 saturated carbocycles. The second kappa shape index (κ2) is 9.07. The minimum atomic E-state index is 0.00535. The maximum atomic E-state index is 2.89. The van der Waals surface area contributed by atoms with Gasteiger partial charge in [0.1, 0.15) is 0 Å². The highest BCUT2D eigenvalue weighted by Crippen LogP contribution is 2.54. The summed E-state index contributed by atoms with van der Waals surface area (Å²) in [7, 11) is 0.0107. The molecule has 4 aliphatic rings. The summed E-state index contributed by atoms with van der Waals surface area (Å²) < 4.78 is 11.6. The van der Waals surface area contributed by atoms with Crippen LogP contribution in [0.5, 0.6) is 0 Å². The van der Waals surface area contributed by atoms with E-state index in [1.54, 1.807) is 0 Å². The SMILES string of the molecule is C1CCN(P(CCP(N2CCCC2)N2CCCC2)N2CCCC2)C1. The molecule has 0 aromatic heterocycles. The van der Waals surface area contributed by atoms with Crippen LogP contribution in [-0.4, -0.2) is 83.4 Å². The third-order valence-corrected chi connectivity index (χ3v) is 11.9. The third kappa shape index (κ3) is 4.33. The van der Waals surface area contributed by atoms with Crippen molar-refractivity contribution >= 4 is 16.4 Å². The van der Waals surface area contributed by atoms with Gasteiger partial charge in [0.2, 0.25) is 0 Å². The summed E-state index contributed by atoms with van der Waals surface area (Å²) in [4.78, 5) is 0. The molecule has 4 nitrogen and oxygen atoms in total. The van der Waals surface area contributed by atoms with Crippen molar-refractivity contribution in [2.45, 2.75) is 51.4 Å². The highest BCUT2D eigenvalue weighted by molar-refractivity contribution is 7.56.